The molecule has 10 rings (SSSR count). The summed E-state index contributed by atoms with van der Waals surface area (Å²) in [5.74, 6) is 8.53. The molecule has 0 fully saturated rings. The fourth-order valence-corrected chi connectivity index (χ4v) is 12.8. The number of hydrogen-bond donors (Lipinski definition) is 0. The zero-order chi connectivity index (χ0) is 49.7. The van der Waals surface area contributed by atoms with E-state index in [1.807, 2.05) is 48.9 Å². The zero-order valence-electron chi connectivity index (χ0n) is 43.6. The summed E-state index contributed by atoms with van der Waals surface area (Å²) < 4.78 is 32.9. The van der Waals surface area contributed by atoms with Gasteiger partial charge in [-0.05, 0) is 64.8 Å². The molecular weight excluding hydrogens is 1070 g/mol. The van der Waals surface area contributed by atoms with Crippen molar-refractivity contribution in [3.63, 3.8) is 0 Å². The molecule has 7 heteroatoms. The molecule has 10 aromatic rings. The molecule has 0 bridgehead atoms. The van der Waals surface area contributed by atoms with Gasteiger partial charge in [0.25, 0.3) is 0 Å². The summed E-state index contributed by atoms with van der Waals surface area (Å²) in [6.45, 7) is 13.6. The maximum atomic E-state index is 7.56. The number of rotatable bonds is 9. The number of nitrogens with zero attached hydrogens (tertiary/aromatic N) is 4. The largest absolute Gasteiger partial charge is 0 e. The summed E-state index contributed by atoms with van der Waals surface area (Å²) >= 11 is -2.18. The monoisotopic (exact) mass is 1130 g/mol. The van der Waals surface area contributed by atoms with Gasteiger partial charge in [-0.25, -0.2) is 0 Å². The Kier molecular flexibility index (Phi) is 12.8. The van der Waals surface area contributed by atoms with Gasteiger partial charge in [-0.2, -0.15) is 0 Å². The van der Waals surface area contributed by atoms with E-state index in [0.717, 1.165) is 61.2 Å². The van der Waals surface area contributed by atoms with Crippen molar-refractivity contribution >= 4 is 50.6 Å². The first-order valence-corrected chi connectivity index (χ1v) is 30.7. The van der Waals surface area contributed by atoms with Gasteiger partial charge in [-0.1, -0.05) is 87.2 Å². The Morgan fingerprint density at radius 3 is 2.06 bits per heavy atom. The third-order valence-electron chi connectivity index (χ3n) is 13.0. The van der Waals surface area contributed by atoms with Crippen LogP contribution in [0.4, 0.5) is 0 Å². The summed E-state index contributed by atoms with van der Waals surface area (Å²) in [5.41, 5.74) is 16.0. The molecule has 0 atom stereocenters. The predicted molar refractivity (Wildman–Crippen MR) is 284 cm³/mol. The molecule has 0 N–H and O–H groups in total. The molecule has 0 unspecified atom stereocenters. The van der Waals surface area contributed by atoms with E-state index in [4.69, 9.17) is 18.5 Å². The third kappa shape index (κ3) is 9.31. The average molecular weight is 1130 g/mol. The van der Waals surface area contributed by atoms with Crippen LogP contribution in [0.3, 0.4) is 0 Å². The van der Waals surface area contributed by atoms with Crippen LogP contribution in [-0.4, -0.2) is 32.8 Å². The van der Waals surface area contributed by atoms with Crippen molar-refractivity contribution in [3.05, 3.63) is 198 Å². The van der Waals surface area contributed by atoms with E-state index in [1.165, 1.54) is 43.5 Å². The van der Waals surface area contributed by atoms with Crippen LogP contribution >= 0.6 is 0 Å². The molecule has 0 spiro atoms. The van der Waals surface area contributed by atoms with Crippen LogP contribution < -0.4 is 4.40 Å². The first-order chi connectivity index (χ1) is 33.3. The standard InChI is InChI=1S/C37H32N3O.C24H28GeN.Ir/c1-22(2)30-18-26(25-12-7-6-8-13-25)19-31(23(3)4)35(30)40-32-21-38-20-24(5)34(32)39-37(40)29-16-11-15-28-27-14-9-10-17-33(27)41-36(28)29;1-18-12-14-19(15-13-18)23-16-21(22(17-26-23)25(4,5)6)24(2,3)20-10-8-7-9-11-20;/h6-15,17-23H,1-5H3;7-14,16-17H,1-6H3;/q2*-1;/i;1D3;. The number of aromatic nitrogens is 4. The number of hydrogen-bond acceptors (Lipinski definition) is 4. The van der Waals surface area contributed by atoms with Gasteiger partial charge in [0.2, 0.25) is 0 Å². The summed E-state index contributed by atoms with van der Waals surface area (Å²) in [7, 11) is 0. The Morgan fingerprint density at radius 1 is 0.735 bits per heavy atom. The van der Waals surface area contributed by atoms with Crippen LogP contribution in [0.5, 0.6) is 0 Å². The van der Waals surface area contributed by atoms with E-state index in [1.54, 1.807) is 12.1 Å². The molecule has 4 heterocycles. The Bertz CT molecular complexity index is 3470. The molecule has 0 aliphatic rings. The van der Waals surface area contributed by atoms with Gasteiger partial charge < -0.3 is 8.98 Å². The number of imidazole rings is 1. The smallest absolute Gasteiger partial charge is 0 e. The van der Waals surface area contributed by atoms with Crippen molar-refractivity contribution in [2.45, 2.75) is 89.8 Å². The molecule has 0 saturated heterocycles. The second-order valence-corrected chi connectivity index (χ2v) is 30.4. The molecule has 0 amide bonds. The SMILES string of the molecule is Cc1cncc2c1nc(-c1[c-]ccc3c1oc1ccccc13)n2-c1c(C(C)C)cc(-c2ccccc2)cc1C(C)C.[2H]C([2H])([2H])c1c[c-]c(-c2cc(C(C)(C)c3ccccc3)[c]([Ge]([CH3])([CH3])[CH3])cn2)cc1.[Ir]. The van der Waals surface area contributed by atoms with Crippen LogP contribution in [0, 0.1) is 25.9 Å². The van der Waals surface area contributed by atoms with Gasteiger partial charge in [0.1, 0.15) is 5.58 Å². The van der Waals surface area contributed by atoms with Crippen molar-refractivity contribution < 1.29 is 28.6 Å². The fourth-order valence-electron chi connectivity index (χ4n) is 9.30. The minimum absolute atomic E-state index is 0. The molecule has 6 aromatic carbocycles. The van der Waals surface area contributed by atoms with Crippen LogP contribution in [-0.2, 0) is 25.5 Å². The Morgan fingerprint density at radius 2 is 1.41 bits per heavy atom. The van der Waals surface area contributed by atoms with Gasteiger partial charge in [0, 0.05) is 37.4 Å². The van der Waals surface area contributed by atoms with E-state index >= 15 is 0 Å². The third-order valence-corrected chi connectivity index (χ3v) is 17.3. The van der Waals surface area contributed by atoms with Gasteiger partial charge in [0.15, 0.2) is 0 Å². The quantitative estimate of drug-likeness (QED) is 0.107. The van der Waals surface area contributed by atoms with Gasteiger partial charge in [0.05, 0.1) is 28.6 Å². The number of benzene rings is 6. The van der Waals surface area contributed by atoms with Gasteiger partial charge in [-0.15, -0.1) is 18.2 Å². The molecule has 5 nitrogen and oxygen atoms in total. The predicted octanol–water partition coefficient (Wildman–Crippen LogP) is 15.7. The number of pyridine rings is 2. The van der Waals surface area contributed by atoms with E-state index in [-0.39, 0.29) is 37.4 Å². The van der Waals surface area contributed by atoms with E-state index in [0.29, 0.717) is 5.56 Å². The van der Waals surface area contributed by atoms with Crippen molar-refractivity contribution in [2.75, 3.05) is 0 Å². The molecule has 68 heavy (non-hydrogen) atoms. The minimum atomic E-state index is -2.18. The Balaban J connectivity index is 0.000000200. The van der Waals surface area contributed by atoms with Crippen LogP contribution in [0.25, 0.3) is 72.4 Å². The fraction of sp³-hybridized carbons (Fsp3) is 0.230. The van der Waals surface area contributed by atoms with Crippen LogP contribution in [0.2, 0.25) is 17.3 Å². The van der Waals surface area contributed by atoms with Gasteiger partial charge >= 0.3 is 165 Å². The second kappa shape index (κ2) is 19.6. The summed E-state index contributed by atoms with van der Waals surface area (Å²) in [5, 5.41) is 2.16. The average Bonchev–Trinajstić information content (AvgIpc) is 3.93. The van der Waals surface area contributed by atoms with Crippen molar-refractivity contribution in [2.24, 2.45) is 0 Å². The Labute approximate surface area is 423 Å². The van der Waals surface area contributed by atoms with E-state index in [2.05, 4.69) is 178 Å². The molecule has 0 aliphatic carbocycles. The van der Waals surface area contributed by atoms with Gasteiger partial charge in [-0.3, -0.25) is 9.97 Å². The molecule has 0 saturated carbocycles. The normalized spacial score (nSPS) is 12.7. The Hall–Kier alpha value is -5.92. The number of fused-ring (bicyclic) bond motifs is 4. The van der Waals surface area contributed by atoms with Crippen molar-refractivity contribution in [3.8, 4) is 39.5 Å². The molecule has 345 valence electrons. The number of furan rings is 1. The van der Waals surface area contributed by atoms with E-state index < -0.39 is 20.1 Å². The maximum absolute atomic E-state index is 7.56. The molecule has 0 aliphatic heterocycles. The molecule has 1 radical (unpaired) electrons. The van der Waals surface area contributed by atoms with Crippen LogP contribution in [0.15, 0.2) is 156 Å². The second-order valence-electron chi connectivity index (χ2n) is 19.8. The summed E-state index contributed by atoms with van der Waals surface area (Å²) in [6.07, 6.45) is 5.87. The molecule has 4 aromatic heterocycles. The first-order valence-electron chi connectivity index (χ1n) is 24.8. The summed E-state index contributed by atoms with van der Waals surface area (Å²) in [4.78, 5) is 14.7. The number of para-hydroxylation sites is 1. The topological polar surface area (TPSA) is 56.7 Å². The number of aryl methyl sites for hydroxylation is 2. The van der Waals surface area contributed by atoms with Crippen LogP contribution in [0.1, 0.15) is 90.9 Å². The maximum Gasteiger partial charge on any atom is 0 e. The molecular formula is C61H60GeIrN4O-2. The van der Waals surface area contributed by atoms with Crippen molar-refractivity contribution in [1.82, 2.24) is 19.5 Å². The van der Waals surface area contributed by atoms with Crippen molar-refractivity contribution in [1.29, 1.82) is 0 Å². The zero-order valence-corrected chi connectivity index (χ0v) is 45.1. The first kappa shape index (κ1) is 44.6. The minimum Gasteiger partial charge on any atom is 0 e. The van der Waals surface area contributed by atoms with E-state index in [9.17, 15) is 0 Å². The summed E-state index contributed by atoms with van der Waals surface area (Å²) in [6, 6.07) is 52.0.